The van der Waals surface area contributed by atoms with E-state index in [-0.39, 0.29) is 5.78 Å². The Morgan fingerprint density at radius 3 is 2.44 bits per heavy atom. The van der Waals surface area contributed by atoms with Gasteiger partial charge in [0.2, 0.25) is 0 Å². The van der Waals surface area contributed by atoms with Crippen molar-refractivity contribution in [3.05, 3.63) is 63.9 Å². The Morgan fingerprint density at radius 1 is 1.11 bits per heavy atom. The summed E-state index contributed by atoms with van der Waals surface area (Å²) in [4.78, 5) is 13.1. The SMILES string of the molecule is Cc1ccc(C(=O)/C=C/Sc2ccc(C)s2)cc1. The molecular weight excluding hydrogens is 260 g/mol. The minimum atomic E-state index is 0.0516. The fourth-order valence-electron chi connectivity index (χ4n) is 1.45. The molecule has 0 saturated heterocycles. The first-order chi connectivity index (χ1) is 8.65. The molecule has 2 aromatic rings. The largest absolute Gasteiger partial charge is 0.289 e. The van der Waals surface area contributed by atoms with Crippen LogP contribution in [-0.4, -0.2) is 5.78 Å². The number of ketones is 1. The second-order valence-corrected chi connectivity index (χ2v) is 6.51. The maximum atomic E-state index is 11.9. The predicted molar refractivity (Wildman–Crippen MR) is 79.6 cm³/mol. The molecule has 18 heavy (non-hydrogen) atoms. The highest BCUT2D eigenvalue weighted by Crippen LogP contribution is 2.27. The van der Waals surface area contributed by atoms with Crippen LogP contribution in [0.15, 0.2) is 52.1 Å². The molecule has 0 unspecified atom stereocenters. The molecule has 3 heteroatoms. The lowest BCUT2D eigenvalue weighted by Gasteiger charge is -1.96. The summed E-state index contributed by atoms with van der Waals surface area (Å²) in [7, 11) is 0. The third kappa shape index (κ3) is 3.59. The lowest BCUT2D eigenvalue weighted by molar-refractivity contribution is 0.104. The van der Waals surface area contributed by atoms with Gasteiger partial charge < -0.3 is 0 Å². The van der Waals surface area contributed by atoms with Gasteiger partial charge in [0.1, 0.15) is 0 Å². The number of carbonyl (C=O) groups excluding carboxylic acids is 1. The van der Waals surface area contributed by atoms with E-state index in [1.165, 1.54) is 14.6 Å². The van der Waals surface area contributed by atoms with Gasteiger partial charge in [-0.05, 0) is 37.5 Å². The standard InChI is InChI=1S/C15H14OS2/c1-11-3-6-13(7-4-11)14(16)9-10-17-15-8-5-12(2)18-15/h3-10H,1-2H3/b10-9+. The average molecular weight is 274 g/mol. The predicted octanol–water partition coefficient (Wildman–Crippen LogP) is 4.85. The minimum absolute atomic E-state index is 0.0516. The average Bonchev–Trinajstić information content (AvgIpc) is 2.76. The van der Waals surface area contributed by atoms with Crippen molar-refractivity contribution in [2.45, 2.75) is 18.1 Å². The first-order valence-corrected chi connectivity index (χ1v) is 7.35. The van der Waals surface area contributed by atoms with Crippen molar-refractivity contribution in [1.29, 1.82) is 0 Å². The lowest BCUT2D eigenvalue weighted by atomic mass is 10.1. The lowest BCUT2D eigenvalue weighted by Crippen LogP contribution is -1.93. The molecule has 0 saturated carbocycles. The number of thiophene rings is 1. The van der Waals surface area contributed by atoms with Crippen molar-refractivity contribution in [3.63, 3.8) is 0 Å². The molecule has 1 nitrogen and oxygen atoms in total. The third-order valence-corrected chi connectivity index (χ3v) is 4.43. The van der Waals surface area contributed by atoms with Gasteiger partial charge in [0.15, 0.2) is 5.78 Å². The van der Waals surface area contributed by atoms with Crippen molar-refractivity contribution in [1.82, 2.24) is 0 Å². The number of thioether (sulfide) groups is 1. The third-order valence-electron chi connectivity index (χ3n) is 2.46. The smallest absolute Gasteiger partial charge is 0.186 e. The van der Waals surface area contributed by atoms with E-state index in [9.17, 15) is 4.79 Å². The summed E-state index contributed by atoms with van der Waals surface area (Å²) in [6, 6.07) is 11.8. The fraction of sp³-hybridized carbons (Fsp3) is 0.133. The van der Waals surface area contributed by atoms with Crippen molar-refractivity contribution < 1.29 is 4.79 Å². The first-order valence-electron chi connectivity index (χ1n) is 5.66. The first kappa shape index (κ1) is 13.1. The van der Waals surface area contributed by atoms with Crippen LogP contribution >= 0.6 is 23.1 Å². The van der Waals surface area contributed by atoms with Crippen molar-refractivity contribution in [2.75, 3.05) is 0 Å². The highest BCUT2D eigenvalue weighted by atomic mass is 32.2. The van der Waals surface area contributed by atoms with Crippen LogP contribution in [0.2, 0.25) is 0 Å². The Hall–Kier alpha value is -1.32. The molecular formula is C15H14OS2. The Morgan fingerprint density at radius 2 is 1.83 bits per heavy atom. The van der Waals surface area contributed by atoms with Gasteiger partial charge in [0, 0.05) is 10.4 Å². The molecule has 0 spiro atoms. The van der Waals surface area contributed by atoms with E-state index in [1.54, 1.807) is 29.2 Å². The molecule has 2 rings (SSSR count). The molecule has 0 aliphatic rings. The normalized spacial score (nSPS) is 11.0. The number of aryl methyl sites for hydroxylation is 2. The summed E-state index contributed by atoms with van der Waals surface area (Å²) >= 11 is 3.32. The molecule has 1 aromatic carbocycles. The molecule has 0 amide bonds. The number of hydrogen-bond donors (Lipinski definition) is 0. The van der Waals surface area contributed by atoms with Crippen molar-refractivity contribution in [2.24, 2.45) is 0 Å². The number of allylic oxidation sites excluding steroid dienone is 1. The molecule has 1 aromatic heterocycles. The number of hydrogen-bond acceptors (Lipinski definition) is 3. The maximum absolute atomic E-state index is 11.9. The van der Waals surface area contributed by atoms with E-state index < -0.39 is 0 Å². The van der Waals surface area contributed by atoms with E-state index in [0.717, 1.165) is 5.56 Å². The molecule has 0 atom stereocenters. The summed E-state index contributed by atoms with van der Waals surface area (Å²) in [6.45, 7) is 4.09. The summed E-state index contributed by atoms with van der Waals surface area (Å²) in [6.07, 6.45) is 1.63. The summed E-state index contributed by atoms with van der Waals surface area (Å²) in [5.74, 6) is 0.0516. The van der Waals surface area contributed by atoms with Gasteiger partial charge in [0.25, 0.3) is 0 Å². The Kier molecular flexibility index (Phi) is 4.39. The number of carbonyl (C=O) groups is 1. The fourth-order valence-corrected chi connectivity index (χ4v) is 3.27. The summed E-state index contributed by atoms with van der Waals surface area (Å²) in [5, 5.41) is 1.85. The van der Waals surface area contributed by atoms with Gasteiger partial charge in [-0.15, -0.1) is 11.3 Å². The van der Waals surface area contributed by atoms with E-state index in [4.69, 9.17) is 0 Å². The van der Waals surface area contributed by atoms with Crippen LogP contribution in [0.25, 0.3) is 0 Å². The zero-order valence-electron chi connectivity index (χ0n) is 10.3. The van der Waals surface area contributed by atoms with E-state index in [2.05, 4.69) is 19.1 Å². The Balaban J connectivity index is 1.97. The molecule has 0 fully saturated rings. The van der Waals surface area contributed by atoms with Crippen molar-refractivity contribution >= 4 is 28.9 Å². The van der Waals surface area contributed by atoms with Gasteiger partial charge in [-0.3, -0.25) is 4.79 Å². The van der Waals surface area contributed by atoms with Crippen LogP contribution in [0.5, 0.6) is 0 Å². The summed E-state index contributed by atoms with van der Waals surface area (Å²) in [5.41, 5.74) is 1.90. The van der Waals surface area contributed by atoms with Gasteiger partial charge >= 0.3 is 0 Å². The Bertz CT molecular complexity index is 564. The van der Waals surface area contributed by atoms with Crippen LogP contribution in [0.1, 0.15) is 20.8 Å². The van der Waals surface area contributed by atoms with Gasteiger partial charge in [-0.1, -0.05) is 41.6 Å². The van der Waals surface area contributed by atoms with Gasteiger partial charge in [-0.2, -0.15) is 0 Å². The topological polar surface area (TPSA) is 17.1 Å². The molecule has 0 aliphatic carbocycles. The van der Waals surface area contributed by atoms with E-state index in [0.29, 0.717) is 0 Å². The monoisotopic (exact) mass is 274 g/mol. The van der Waals surface area contributed by atoms with Crippen LogP contribution in [0, 0.1) is 13.8 Å². The highest BCUT2D eigenvalue weighted by molar-refractivity contribution is 8.03. The zero-order chi connectivity index (χ0) is 13.0. The second kappa shape index (κ2) is 6.03. The van der Waals surface area contributed by atoms with E-state index >= 15 is 0 Å². The van der Waals surface area contributed by atoms with Crippen LogP contribution in [0.4, 0.5) is 0 Å². The minimum Gasteiger partial charge on any atom is -0.289 e. The molecule has 0 radical (unpaired) electrons. The summed E-state index contributed by atoms with van der Waals surface area (Å²) < 4.78 is 1.21. The van der Waals surface area contributed by atoms with Crippen LogP contribution < -0.4 is 0 Å². The second-order valence-electron chi connectivity index (χ2n) is 4.02. The van der Waals surface area contributed by atoms with Crippen molar-refractivity contribution in [3.8, 4) is 0 Å². The highest BCUT2D eigenvalue weighted by Gasteiger charge is 2.00. The molecule has 0 aliphatic heterocycles. The number of rotatable bonds is 4. The van der Waals surface area contributed by atoms with Crippen LogP contribution in [0.3, 0.4) is 0 Å². The quantitative estimate of drug-likeness (QED) is 0.450. The maximum Gasteiger partial charge on any atom is 0.186 e. The van der Waals surface area contributed by atoms with Gasteiger partial charge in [-0.25, -0.2) is 0 Å². The molecule has 0 N–H and O–H groups in total. The molecule has 92 valence electrons. The van der Waals surface area contributed by atoms with Crippen LogP contribution in [-0.2, 0) is 0 Å². The van der Waals surface area contributed by atoms with E-state index in [1.807, 2.05) is 36.6 Å². The molecule has 1 heterocycles. The number of benzene rings is 1. The zero-order valence-corrected chi connectivity index (χ0v) is 12.0. The van der Waals surface area contributed by atoms with Gasteiger partial charge in [0.05, 0.1) is 4.21 Å². The Labute approximate surface area is 116 Å². The molecule has 0 bridgehead atoms.